The summed E-state index contributed by atoms with van der Waals surface area (Å²) in [7, 11) is -3.94. The van der Waals surface area contributed by atoms with Gasteiger partial charge >= 0.3 is 6.18 Å². The number of non-ortho nitro benzene ring substituents is 1. The summed E-state index contributed by atoms with van der Waals surface area (Å²) in [6.07, 6.45) is -2.87. The van der Waals surface area contributed by atoms with E-state index in [-0.39, 0.29) is 47.2 Å². The van der Waals surface area contributed by atoms with Crippen LogP contribution in [0.2, 0.25) is 0 Å². The number of anilines is 1. The van der Waals surface area contributed by atoms with Crippen LogP contribution in [0.5, 0.6) is 0 Å². The molecule has 0 N–H and O–H groups in total. The number of nitro groups is 1. The van der Waals surface area contributed by atoms with Crippen LogP contribution in [-0.4, -0.2) is 58.9 Å². The Morgan fingerprint density at radius 1 is 1.05 bits per heavy atom. The number of nitro benzene ring substituents is 1. The van der Waals surface area contributed by atoms with Gasteiger partial charge in [0.25, 0.3) is 11.4 Å². The van der Waals surface area contributed by atoms with E-state index in [4.69, 9.17) is 9.51 Å². The number of aromatic nitrogens is 3. The van der Waals surface area contributed by atoms with Crippen LogP contribution in [-0.2, 0) is 22.6 Å². The molecule has 0 spiro atoms. The molecular formula is C26H25F3N6O5S. The zero-order chi connectivity index (χ0) is 29.4. The normalized spacial score (nSPS) is 15.3. The number of rotatable bonds is 7. The number of benzene rings is 2. The van der Waals surface area contributed by atoms with E-state index in [0.29, 0.717) is 36.4 Å². The quantitative estimate of drug-likeness (QED) is 0.214. The molecule has 1 saturated heterocycles. The Hall–Kier alpha value is -4.11. The molecule has 0 radical (unpaired) electrons. The second kappa shape index (κ2) is 11.0. The highest BCUT2D eigenvalue weighted by Crippen LogP contribution is 2.37. The number of hydrogen-bond donors (Lipinski definition) is 0. The maximum atomic E-state index is 13.4. The van der Waals surface area contributed by atoms with Crippen molar-refractivity contribution in [3.63, 3.8) is 0 Å². The molecule has 2 aromatic carbocycles. The van der Waals surface area contributed by atoms with E-state index in [9.17, 15) is 31.7 Å². The highest BCUT2D eigenvalue weighted by molar-refractivity contribution is 7.89. The third-order valence-electron chi connectivity index (χ3n) is 6.74. The summed E-state index contributed by atoms with van der Waals surface area (Å²) in [4.78, 5) is 21.3. The average molecular weight is 591 g/mol. The molecule has 216 valence electrons. The van der Waals surface area contributed by atoms with Gasteiger partial charge in [0.05, 0.1) is 15.4 Å². The molecule has 4 aromatic rings. The van der Waals surface area contributed by atoms with Crippen molar-refractivity contribution < 1.29 is 31.0 Å². The van der Waals surface area contributed by atoms with Crippen molar-refractivity contribution in [2.45, 2.75) is 37.3 Å². The van der Waals surface area contributed by atoms with Crippen molar-refractivity contribution in [3.8, 4) is 11.3 Å². The van der Waals surface area contributed by atoms with Gasteiger partial charge in [-0.25, -0.2) is 13.4 Å². The molecule has 5 rings (SSSR count). The minimum Gasteiger partial charge on any atom is -0.354 e. The summed E-state index contributed by atoms with van der Waals surface area (Å²) in [6, 6.07) is 9.45. The molecule has 0 saturated carbocycles. The van der Waals surface area contributed by atoms with Crippen LogP contribution < -0.4 is 4.90 Å². The van der Waals surface area contributed by atoms with Crippen molar-refractivity contribution in [2.24, 2.45) is 0 Å². The monoisotopic (exact) mass is 590 g/mol. The van der Waals surface area contributed by atoms with E-state index in [1.807, 2.05) is 11.8 Å². The smallest absolute Gasteiger partial charge is 0.354 e. The van der Waals surface area contributed by atoms with Crippen molar-refractivity contribution >= 4 is 32.6 Å². The van der Waals surface area contributed by atoms with Gasteiger partial charge in [-0.3, -0.25) is 10.1 Å². The van der Waals surface area contributed by atoms with Crippen LogP contribution in [0, 0.1) is 10.1 Å². The van der Waals surface area contributed by atoms with Crippen molar-refractivity contribution in [1.82, 2.24) is 19.4 Å². The zero-order valence-electron chi connectivity index (χ0n) is 21.8. The van der Waals surface area contributed by atoms with Crippen molar-refractivity contribution in [3.05, 3.63) is 70.0 Å². The van der Waals surface area contributed by atoms with E-state index in [1.54, 1.807) is 0 Å². The summed E-state index contributed by atoms with van der Waals surface area (Å²) in [5, 5.41) is 15.4. The number of aryl methyl sites for hydroxylation is 1. The number of sulfonamides is 1. The van der Waals surface area contributed by atoms with Crippen LogP contribution in [0.1, 0.15) is 31.2 Å². The van der Waals surface area contributed by atoms with Crippen LogP contribution in [0.15, 0.2) is 57.9 Å². The molecule has 11 nitrogen and oxygen atoms in total. The van der Waals surface area contributed by atoms with Crippen molar-refractivity contribution in [2.75, 3.05) is 31.1 Å². The highest BCUT2D eigenvalue weighted by Gasteiger charge is 2.32. The Bertz CT molecular complexity index is 1690. The fraction of sp³-hybridized carbons (Fsp3) is 0.346. The average Bonchev–Trinajstić information content (AvgIpc) is 3.20. The lowest BCUT2D eigenvalue weighted by atomic mass is 10.1. The third kappa shape index (κ3) is 5.72. The minimum atomic E-state index is -4.55. The Morgan fingerprint density at radius 2 is 1.80 bits per heavy atom. The largest absolute Gasteiger partial charge is 0.416 e. The summed E-state index contributed by atoms with van der Waals surface area (Å²) in [5.41, 5.74) is -0.580. The SMILES string of the molecule is CCCc1nc(N2CCCN(S(=O)(=O)c3ccc([N+](=O)[O-])cc3)CC2)c2c(-c3cccc(C(F)(F)F)c3)noc2n1. The summed E-state index contributed by atoms with van der Waals surface area (Å²) in [5.74, 6) is 0.878. The van der Waals surface area contributed by atoms with Gasteiger partial charge < -0.3 is 9.42 Å². The van der Waals surface area contributed by atoms with Gasteiger partial charge in [0.2, 0.25) is 10.0 Å². The molecular weight excluding hydrogens is 565 g/mol. The molecule has 1 fully saturated rings. The Morgan fingerprint density at radius 3 is 2.49 bits per heavy atom. The third-order valence-corrected chi connectivity index (χ3v) is 8.65. The highest BCUT2D eigenvalue weighted by atomic mass is 32.2. The number of hydrogen-bond acceptors (Lipinski definition) is 9. The van der Waals surface area contributed by atoms with Gasteiger partial charge in [-0.1, -0.05) is 24.2 Å². The number of alkyl halides is 3. The minimum absolute atomic E-state index is 0.0583. The van der Waals surface area contributed by atoms with E-state index < -0.39 is 26.7 Å². The fourth-order valence-corrected chi connectivity index (χ4v) is 6.19. The number of nitrogens with zero attached hydrogens (tertiary/aromatic N) is 6. The number of halogens is 3. The molecule has 0 aliphatic carbocycles. The second-order valence-electron chi connectivity index (χ2n) is 9.50. The van der Waals surface area contributed by atoms with Crippen molar-refractivity contribution in [1.29, 1.82) is 0 Å². The summed E-state index contributed by atoms with van der Waals surface area (Å²) in [6.45, 7) is 2.84. The van der Waals surface area contributed by atoms with E-state index in [2.05, 4.69) is 10.1 Å². The molecule has 0 atom stereocenters. The molecule has 0 unspecified atom stereocenters. The van der Waals surface area contributed by atoms with E-state index in [1.165, 1.54) is 28.6 Å². The van der Waals surface area contributed by atoms with Gasteiger partial charge in [-0.05, 0) is 37.1 Å². The first-order chi connectivity index (χ1) is 19.5. The topological polar surface area (TPSA) is 136 Å². The van der Waals surface area contributed by atoms with Crippen LogP contribution in [0.3, 0.4) is 0 Å². The molecule has 0 bridgehead atoms. The fourth-order valence-electron chi connectivity index (χ4n) is 4.72. The number of fused-ring (bicyclic) bond motifs is 1. The van der Waals surface area contributed by atoms with Crippen LogP contribution in [0.4, 0.5) is 24.7 Å². The second-order valence-corrected chi connectivity index (χ2v) is 11.4. The van der Waals surface area contributed by atoms with Gasteiger partial charge in [-0.2, -0.15) is 22.5 Å². The maximum absolute atomic E-state index is 13.4. The predicted octanol–water partition coefficient (Wildman–Crippen LogP) is 5.07. The first-order valence-corrected chi connectivity index (χ1v) is 14.3. The molecule has 1 aliphatic heterocycles. The molecule has 1 aliphatic rings. The van der Waals surface area contributed by atoms with Crippen LogP contribution >= 0.6 is 0 Å². The lowest BCUT2D eigenvalue weighted by Crippen LogP contribution is -2.35. The summed E-state index contributed by atoms with van der Waals surface area (Å²) < 4.78 is 73.7. The van der Waals surface area contributed by atoms with Crippen LogP contribution in [0.25, 0.3) is 22.4 Å². The van der Waals surface area contributed by atoms with E-state index in [0.717, 1.165) is 30.7 Å². The molecule has 15 heteroatoms. The Balaban J connectivity index is 1.50. The first-order valence-electron chi connectivity index (χ1n) is 12.8. The lowest BCUT2D eigenvalue weighted by Gasteiger charge is -2.23. The molecule has 2 aromatic heterocycles. The van der Waals surface area contributed by atoms with Gasteiger partial charge in [0.1, 0.15) is 22.7 Å². The van der Waals surface area contributed by atoms with Gasteiger partial charge in [-0.15, -0.1) is 0 Å². The first kappa shape index (κ1) is 28.4. The molecule has 0 amide bonds. The molecule has 41 heavy (non-hydrogen) atoms. The zero-order valence-corrected chi connectivity index (χ0v) is 22.7. The summed E-state index contributed by atoms with van der Waals surface area (Å²) >= 11 is 0. The molecule has 3 heterocycles. The Labute approximate surface area is 232 Å². The van der Waals surface area contributed by atoms with Gasteiger partial charge in [0, 0.05) is 50.3 Å². The lowest BCUT2D eigenvalue weighted by molar-refractivity contribution is -0.384. The Kier molecular flexibility index (Phi) is 7.66. The van der Waals surface area contributed by atoms with E-state index >= 15 is 0 Å². The maximum Gasteiger partial charge on any atom is 0.416 e. The van der Waals surface area contributed by atoms with Gasteiger partial charge in [0.15, 0.2) is 0 Å². The standard InChI is InChI=1S/C26H25F3N6O5S/c1-2-5-21-30-24(22-23(32-40-25(22)31-21)17-6-3-7-18(16-17)26(27,28)29)33-12-4-13-34(15-14-33)41(38,39)20-10-8-19(9-11-20)35(36)37/h3,6-11,16H,2,4-5,12-15H2,1H3. The predicted molar refractivity (Wildman–Crippen MR) is 143 cm³/mol.